The standard InChI is InChI=1S/C14H16N4O/c19-14(18-9-6-15-11-18)16-12-4-3-5-13(10-12)17-7-1-2-8-17/h3-6,9-11H,1-2,7-8H2,(H,16,19). The van der Waals surface area contributed by atoms with Crippen LogP contribution in [0.1, 0.15) is 12.8 Å². The van der Waals surface area contributed by atoms with Gasteiger partial charge in [-0.25, -0.2) is 9.78 Å². The molecule has 5 heteroatoms. The molecule has 0 unspecified atom stereocenters. The maximum Gasteiger partial charge on any atom is 0.331 e. The highest BCUT2D eigenvalue weighted by atomic mass is 16.2. The molecule has 3 rings (SSSR count). The zero-order valence-corrected chi connectivity index (χ0v) is 10.6. The number of amides is 1. The van der Waals surface area contributed by atoms with Crippen molar-refractivity contribution in [3.8, 4) is 0 Å². The molecule has 1 saturated heterocycles. The Labute approximate surface area is 111 Å². The van der Waals surface area contributed by atoms with E-state index in [0.29, 0.717) is 0 Å². The van der Waals surface area contributed by atoms with Crippen LogP contribution in [-0.4, -0.2) is 28.7 Å². The molecule has 1 aromatic heterocycles. The van der Waals surface area contributed by atoms with E-state index in [1.54, 1.807) is 12.4 Å². The molecule has 0 radical (unpaired) electrons. The van der Waals surface area contributed by atoms with Crippen LogP contribution in [0.2, 0.25) is 0 Å². The van der Waals surface area contributed by atoms with Gasteiger partial charge < -0.3 is 10.2 Å². The lowest BCUT2D eigenvalue weighted by atomic mass is 10.2. The monoisotopic (exact) mass is 256 g/mol. The van der Waals surface area contributed by atoms with Crippen LogP contribution in [-0.2, 0) is 0 Å². The van der Waals surface area contributed by atoms with Crippen molar-refractivity contribution in [1.82, 2.24) is 9.55 Å². The van der Waals surface area contributed by atoms with Crippen molar-refractivity contribution in [2.75, 3.05) is 23.3 Å². The second-order valence-electron chi connectivity index (χ2n) is 4.64. The zero-order valence-electron chi connectivity index (χ0n) is 10.6. The lowest BCUT2D eigenvalue weighted by Crippen LogP contribution is -2.19. The van der Waals surface area contributed by atoms with Gasteiger partial charge in [0.05, 0.1) is 0 Å². The van der Waals surface area contributed by atoms with E-state index < -0.39 is 0 Å². The van der Waals surface area contributed by atoms with Crippen molar-refractivity contribution in [3.05, 3.63) is 43.0 Å². The fourth-order valence-corrected chi connectivity index (χ4v) is 2.32. The number of nitrogens with one attached hydrogen (secondary N) is 1. The average molecular weight is 256 g/mol. The molecule has 1 N–H and O–H groups in total. The number of imidazole rings is 1. The highest BCUT2D eigenvalue weighted by molar-refractivity contribution is 5.91. The first kappa shape index (κ1) is 11.8. The van der Waals surface area contributed by atoms with E-state index >= 15 is 0 Å². The molecule has 1 amide bonds. The van der Waals surface area contributed by atoms with Gasteiger partial charge in [-0.3, -0.25) is 4.57 Å². The van der Waals surface area contributed by atoms with E-state index in [0.717, 1.165) is 18.8 Å². The van der Waals surface area contributed by atoms with Crippen LogP contribution in [0.5, 0.6) is 0 Å². The Hall–Kier alpha value is -2.30. The lowest BCUT2D eigenvalue weighted by molar-refractivity contribution is 0.253. The van der Waals surface area contributed by atoms with Crippen molar-refractivity contribution < 1.29 is 4.79 Å². The van der Waals surface area contributed by atoms with Gasteiger partial charge in [0.25, 0.3) is 0 Å². The summed E-state index contributed by atoms with van der Waals surface area (Å²) in [5.74, 6) is 0. The molecule has 1 fully saturated rings. The fraction of sp³-hybridized carbons (Fsp3) is 0.286. The van der Waals surface area contributed by atoms with Crippen LogP contribution in [0.15, 0.2) is 43.0 Å². The molecule has 2 heterocycles. The Morgan fingerprint density at radius 1 is 1.26 bits per heavy atom. The molecule has 19 heavy (non-hydrogen) atoms. The first-order valence-corrected chi connectivity index (χ1v) is 6.47. The Morgan fingerprint density at radius 3 is 2.84 bits per heavy atom. The fourth-order valence-electron chi connectivity index (χ4n) is 2.32. The van der Waals surface area contributed by atoms with E-state index in [-0.39, 0.29) is 6.03 Å². The van der Waals surface area contributed by atoms with Gasteiger partial charge in [-0.2, -0.15) is 0 Å². The molecule has 1 aliphatic heterocycles. The summed E-state index contributed by atoms with van der Waals surface area (Å²) < 4.78 is 1.42. The molecule has 0 spiro atoms. The van der Waals surface area contributed by atoms with Gasteiger partial charge in [-0.15, -0.1) is 0 Å². The van der Waals surface area contributed by atoms with Crippen LogP contribution in [0, 0.1) is 0 Å². The molecule has 1 aliphatic rings. The minimum atomic E-state index is -0.198. The van der Waals surface area contributed by atoms with Gasteiger partial charge in [-0.05, 0) is 31.0 Å². The number of hydrogen-bond donors (Lipinski definition) is 1. The number of benzene rings is 1. The molecule has 0 saturated carbocycles. The quantitative estimate of drug-likeness (QED) is 0.898. The van der Waals surface area contributed by atoms with Crippen LogP contribution in [0.4, 0.5) is 16.2 Å². The third-order valence-corrected chi connectivity index (χ3v) is 3.31. The summed E-state index contributed by atoms with van der Waals surface area (Å²) in [4.78, 5) is 18.1. The summed E-state index contributed by atoms with van der Waals surface area (Å²) in [7, 11) is 0. The molecule has 98 valence electrons. The summed E-state index contributed by atoms with van der Waals surface area (Å²) in [5, 5.41) is 2.87. The van der Waals surface area contributed by atoms with Gasteiger partial charge in [0.2, 0.25) is 0 Å². The van der Waals surface area contributed by atoms with Crippen molar-refractivity contribution in [2.45, 2.75) is 12.8 Å². The highest BCUT2D eigenvalue weighted by Crippen LogP contribution is 2.23. The molecule has 0 atom stereocenters. The van der Waals surface area contributed by atoms with Crippen LogP contribution in [0.3, 0.4) is 0 Å². The molecule has 2 aromatic rings. The maximum absolute atomic E-state index is 11.9. The number of aromatic nitrogens is 2. The van der Waals surface area contributed by atoms with E-state index in [2.05, 4.69) is 21.3 Å². The second kappa shape index (κ2) is 5.14. The highest BCUT2D eigenvalue weighted by Gasteiger charge is 2.13. The van der Waals surface area contributed by atoms with Gasteiger partial charge in [0, 0.05) is 36.9 Å². The van der Waals surface area contributed by atoms with Gasteiger partial charge in [0.15, 0.2) is 0 Å². The lowest BCUT2D eigenvalue weighted by Gasteiger charge is -2.18. The van der Waals surface area contributed by atoms with Crippen molar-refractivity contribution in [3.63, 3.8) is 0 Å². The van der Waals surface area contributed by atoms with Crippen molar-refractivity contribution in [1.29, 1.82) is 0 Å². The molecule has 5 nitrogen and oxygen atoms in total. The topological polar surface area (TPSA) is 50.2 Å². The zero-order chi connectivity index (χ0) is 13.1. The normalized spacial score (nSPS) is 14.6. The third-order valence-electron chi connectivity index (χ3n) is 3.31. The van der Waals surface area contributed by atoms with Gasteiger partial charge in [0.1, 0.15) is 6.33 Å². The Kier molecular flexibility index (Phi) is 3.18. The number of anilines is 2. The summed E-state index contributed by atoms with van der Waals surface area (Å²) in [5.41, 5.74) is 1.98. The van der Waals surface area contributed by atoms with Crippen LogP contribution >= 0.6 is 0 Å². The molecule has 0 bridgehead atoms. The Bertz CT molecular complexity index is 559. The summed E-state index contributed by atoms with van der Waals surface area (Å²) in [6, 6.07) is 7.76. The Balaban J connectivity index is 1.74. The van der Waals surface area contributed by atoms with Gasteiger partial charge in [-0.1, -0.05) is 6.07 Å². The largest absolute Gasteiger partial charge is 0.371 e. The SMILES string of the molecule is O=C(Nc1cccc(N2CCCC2)c1)n1ccnc1. The van der Waals surface area contributed by atoms with E-state index in [1.165, 1.54) is 29.4 Å². The number of carbonyl (C=O) groups excluding carboxylic acids is 1. The summed E-state index contributed by atoms with van der Waals surface area (Å²) in [6.45, 7) is 2.19. The third kappa shape index (κ3) is 2.59. The Morgan fingerprint density at radius 2 is 2.11 bits per heavy atom. The molecular weight excluding hydrogens is 240 g/mol. The molecule has 0 aliphatic carbocycles. The minimum absolute atomic E-state index is 0.198. The van der Waals surface area contributed by atoms with E-state index in [9.17, 15) is 4.79 Å². The maximum atomic E-state index is 11.9. The number of rotatable bonds is 2. The van der Waals surface area contributed by atoms with E-state index in [1.807, 2.05) is 18.2 Å². The predicted molar refractivity (Wildman–Crippen MR) is 74.5 cm³/mol. The number of carbonyl (C=O) groups is 1. The van der Waals surface area contributed by atoms with Crippen molar-refractivity contribution >= 4 is 17.4 Å². The number of nitrogens with zero attached hydrogens (tertiary/aromatic N) is 3. The second-order valence-corrected chi connectivity index (χ2v) is 4.64. The summed E-state index contributed by atoms with van der Waals surface area (Å²) in [6.07, 6.45) is 7.18. The number of hydrogen-bond acceptors (Lipinski definition) is 3. The molecule has 1 aromatic carbocycles. The first-order chi connectivity index (χ1) is 9.33. The van der Waals surface area contributed by atoms with Crippen LogP contribution in [0.25, 0.3) is 0 Å². The van der Waals surface area contributed by atoms with Crippen molar-refractivity contribution in [2.24, 2.45) is 0 Å². The minimum Gasteiger partial charge on any atom is -0.371 e. The average Bonchev–Trinajstić information content (AvgIpc) is 3.13. The molecular formula is C14H16N4O. The first-order valence-electron chi connectivity index (χ1n) is 6.47. The predicted octanol–water partition coefficient (Wildman–Crippen LogP) is 2.56. The van der Waals surface area contributed by atoms with Crippen LogP contribution < -0.4 is 10.2 Å². The van der Waals surface area contributed by atoms with Gasteiger partial charge >= 0.3 is 6.03 Å². The summed E-state index contributed by atoms with van der Waals surface area (Å²) >= 11 is 0. The van der Waals surface area contributed by atoms with E-state index in [4.69, 9.17) is 0 Å². The smallest absolute Gasteiger partial charge is 0.331 e.